The maximum atomic E-state index is 13.6. The molecular formula is C11H10FNO6S2. The second-order valence-electron chi connectivity index (χ2n) is 4.34. The van der Waals surface area contributed by atoms with Gasteiger partial charge in [-0.05, 0) is 18.2 Å². The number of halogens is 1. The van der Waals surface area contributed by atoms with E-state index in [1.54, 1.807) is 0 Å². The summed E-state index contributed by atoms with van der Waals surface area (Å²) in [6.07, 6.45) is 1.13. The van der Waals surface area contributed by atoms with Crippen molar-refractivity contribution < 1.29 is 31.1 Å². The molecule has 0 saturated heterocycles. The van der Waals surface area contributed by atoms with Gasteiger partial charge in [-0.2, -0.15) is 0 Å². The van der Waals surface area contributed by atoms with Gasteiger partial charge in [0, 0.05) is 5.41 Å². The Morgan fingerprint density at radius 1 is 1.38 bits per heavy atom. The number of sulfonamides is 1. The molecule has 2 rings (SSSR count). The summed E-state index contributed by atoms with van der Waals surface area (Å²) in [7, 11) is -7.86. The number of carboxylic acid groups (broad SMARTS) is 1. The lowest BCUT2D eigenvalue weighted by molar-refractivity contribution is 0.0696. The van der Waals surface area contributed by atoms with Gasteiger partial charge in [0.25, 0.3) is 0 Å². The van der Waals surface area contributed by atoms with Gasteiger partial charge >= 0.3 is 5.97 Å². The monoisotopic (exact) mass is 335 g/mol. The SMILES string of the molecule is O=C(O)c1ccc(F)c(S(=O)(=O)NC2C=CS(=O)(=O)C2)c1. The summed E-state index contributed by atoms with van der Waals surface area (Å²) in [6, 6.07) is 1.30. The number of aromatic carboxylic acids is 1. The van der Waals surface area contributed by atoms with Crippen LogP contribution < -0.4 is 4.72 Å². The smallest absolute Gasteiger partial charge is 0.335 e. The van der Waals surface area contributed by atoms with Gasteiger partial charge in [-0.15, -0.1) is 0 Å². The average molecular weight is 335 g/mol. The predicted molar refractivity (Wildman–Crippen MR) is 70.4 cm³/mol. The molecule has 0 radical (unpaired) electrons. The van der Waals surface area contributed by atoms with Gasteiger partial charge in [-0.1, -0.05) is 6.08 Å². The topological polar surface area (TPSA) is 118 Å². The van der Waals surface area contributed by atoms with Crippen molar-refractivity contribution in [1.82, 2.24) is 4.72 Å². The summed E-state index contributed by atoms with van der Waals surface area (Å²) in [5.74, 6) is -3.00. The number of benzene rings is 1. The predicted octanol–water partition coefficient (Wildman–Crippen LogP) is 0.113. The van der Waals surface area contributed by atoms with E-state index < -0.39 is 53.9 Å². The van der Waals surface area contributed by atoms with Crippen LogP contribution >= 0.6 is 0 Å². The molecule has 114 valence electrons. The highest BCUT2D eigenvalue weighted by Gasteiger charge is 2.28. The maximum Gasteiger partial charge on any atom is 0.335 e. The minimum absolute atomic E-state index is 0.397. The van der Waals surface area contributed by atoms with Crippen LogP contribution in [-0.2, 0) is 19.9 Å². The summed E-state index contributed by atoms with van der Waals surface area (Å²) in [5, 5.41) is 9.66. The van der Waals surface area contributed by atoms with Crippen molar-refractivity contribution in [3.8, 4) is 0 Å². The number of rotatable bonds is 4. The maximum absolute atomic E-state index is 13.6. The molecule has 1 heterocycles. The normalized spacial score (nSPS) is 20.5. The van der Waals surface area contributed by atoms with Crippen molar-refractivity contribution in [3.05, 3.63) is 41.1 Å². The Labute approximate surface area is 120 Å². The summed E-state index contributed by atoms with van der Waals surface area (Å²) >= 11 is 0. The molecule has 0 aromatic heterocycles. The van der Waals surface area contributed by atoms with Crippen LogP contribution in [0.5, 0.6) is 0 Å². The second-order valence-corrected chi connectivity index (χ2v) is 7.95. The van der Waals surface area contributed by atoms with Crippen LogP contribution in [0.4, 0.5) is 4.39 Å². The summed E-state index contributed by atoms with van der Waals surface area (Å²) < 4.78 is 62.1. The molecule has 0 bridgehead atoms. The molecule has 0 aliphatic carbocycles. The van der Waals surface area contributed by atoms with Crippen molar-refractivity contribution in [1.29, 1.82) is 0 Å². The number of carbonyl (C=O) groups is 1. The largest absolute Gasteiger partial charge is 0.478 e. The van der Waals surface area contributed by atoms with Crippen LogP contribution in [0.15, 0.2) is 34.6 Å². The van der Waals surface area contributed by atoms with Gasteiger partial charge in [-0.25, -0.2) is 30.7 Å². The molecule has 1 unspecified atom stereocenters. The first-order chi connectivity index (χ1) is 9.61. The van der Waals surface area contributed by atoms with E-state index in [0.29, 0.717) is 6.07 Å². The van der Waals surface area contributed by atoms with E-state index >= 15 is 0 Å². The van der Waals surface area contributed by atoms with Gasteiger partial charge in [0.2, 0.25) is 10.0 Å². The van der Waals surface area contributed by atoms with E-state index in [1.165, 1.54) is 0 Å². The molecule has 0 amide bonds. The molecule has 1 aromatic carbocycles. The first kappa shape index (κ1) is 15.6. The summed E-state index contributed by atoms with van der Waals surface area (Å²) in [5.41, 5.74) is -0.397. The molecule has 1 aromatic rings. The Kier molecular flexibility index (Phi) is 3.87. The summed E-state index contributed by atoms with van der Waals surface area (Å²) in [6.45, 7) is 0. The van der Waals surface area contributed by atoms with E-state index in [0.717, 1.165) is 23.6 Å². The first-order valence-electron chi connectivity index (χ1n) is 5.57. The minimum Gasteiger partial charge on any atom is -0.478 e. The lowest BCUT2D eigenvalue weighted by Crippen LogP contribution is -2.36. The van der Waals surface area contributed by atoms with E-state index in [9.17, 15) is 26.0 Å². The van der Waals surface area contributed by atoms with E-state index in [-0.39, 0.29) is 0 Å². The fourth-order valence-electron chi connectivity index (χ4n) is 1.75. The molecule has 1 aliphatic heterocycles. The van der Waals surface area contributed by atoms with Crippen LogP contribution in [0.2, 0.25) is 0 Å². The van der Waals surface area contributed by atoms with Gasteiger partial charge in [0.1, 0.15) is 10.7 Å². The van der Waals surface area contributed by atoms with Crippen LogP contribution in [0, 0.1) is 5.82 Å². The quantitative estimate of drug-likeness (QED) is 0.806. The fraction of sp³-hybridized carbons (Fsp3) is 0.182. The fourth-order valence-corrected chi connectivity index (χ4v) is 4.39. The zero-order chi connectivity index (χ0) is 15.8. The van der Waals surface area contributed by atoms with Gasteiger partial charge in [0.05, 0.1) is 17.4 Å². The number of hydrogen-bond acceptors (Lipinski definition) is 5. The molecule has 2 N–H and O–H groups in total. The Hall–Kier alpha value is -1.78. The van der Waals surface area contributed by atoms with E-state index in [4.69, 9.17) is 5.11 Å². The van der Waals surface area contributed by atoms with Gasteiger partial charge in [0.15, 0.2) is 9.84 Å². The number of sulfone groups is 1. The van der Waals surface area contributed by atoms with Crippen molar-refractivity contribution in [2.24, 2.45) is 0 Å². The van der Waals surface area contributed by atoms with Crippen molar-refractivity contribution >= 4 is 25.8 Å². The Balaban J connectivity index is 2.34. The van der Waals surface area contributed by atoms with Crippen molar-refractivity contribution in [2.75, 3.05) is 5.75 Å². The molecule has 1 aliphatic rings. The minimum atomic E-state index is -4.38. The molecule has 1 atom stereocenters. The third-order valence-electron chi connectivity index (χ3n) is 2.70. The Bertz CT molecular complexity index is 828. The Morgan fingerprint density at radius 3 is 2.57 bits per heavy atom. The third-order valence-corrected chi connectivity index (χ3v) is 5.60. The number of carboxylic acids is 1. The van der Waals surface area contributed by atoms with Crippen LogP contribution in [0.3, 0.4) is 0 Å². The van der Waals surface area contributed by atoms with E-state index in [2.05, 4.69) is 0 Å². The van der Waals surface area contributed by atoms with Crippen molar-refractivity contribution in [3.63, 3.8) is 0 Å². The zero-order valence-electron chi connectivity index (χ0n) is 10.4. The first-order valence-corrected chi connectivity index (χ1v) is 8.77. The van der Waals surface area contributed by atoms with Crippen molar-refractivity contribution in [2.45, 2.75) is 10.9 Å². The van der Waals surface area contributed by atoms with Gasteiger partial charge < -0.3 is 5.11 Å². The molecule has 0 fully saturated rings. The highest BCUT2D eigenvalue weighted by atomic mass is 32.2. The highest BCUT2D eigenvalue weighted by molar-refractivity contribution is 7.94. The third kappa shape index (κ3) is 3.46. The average Bonchev–Trinajstić information content (AvgIpc) is 2.67. The highest BCUT2D eigenvalue weighted by Crippen LogP contribution is 2.18. The standard InChI is InChI=1S/C11H10FNO6S2/c12-9-2-1-7(11(14)15)5-10(9)21(18,19)13-8-3-4-20(16,17)6-8/h1-5,8,13H,6H2,(H,14,15). The van der Waals surface area contributed by atoms with Crippen LogP contribution in [0.25, 0.3) is 0 Å². The lowest BCUT2D eigenvalue weighted by Gasteiger charge is -2.12. The molecule has 0 saturated carbocycles. The van der Waals surface area contributed by atoms with Gasteiger partial charge in [-0.3, -0.25) is 0 Å². The molecule has 21 heavy (non-hydrogen) atoms. The molecule has 0 spiro atoms. The van der Waals surface area contributed by atoms with Crippen LogP contribution in [0.1, 0.15) is 10.4 Å². The molecule has 7 nitrogen and oxygen atoms in total. The molecular weight excluding hydrogens is 325 g/mol. The zero-order valence-corrected chi connectivity index (χ0v) is 12.0. The Morgan fingerprint density at radius 2 is 2.05 bits per heavy atom. The molecule has 10 heteroatoms. The summed E-state index contributed by atoms with van der Waals surface area (Å²) in [4.78, 5) is 9.95. The number of hydrogen-bond donors (Lipinski definition) is 2. The lowest BCUT2D eigenvalue weighted by atomic mass is 10.2. The van der Waals surface area contributed by atoms with E-state index in [1.807, 2.05) is 4.72 Å². The second kappa shape index (κ2) is 5.20. The van der Waals surface area contributed by atoms with Crippen LogP contribution in [-0.4, -0.2) is 39.7 Å². The number of nitrogens with one attached hydrogen (secondary N) is 1.